The first-order valence-electron chi connectivity index (χ1n) is 7.35. The lowest BCUT2D eigenvalue weighted by Crippen LogP contribution is -2.44. The monoisotopic (exact) mass is 313 g/mol. The molecule has 0 aliphatic carbocycles. The minimum atomic E-state index is -0.667. The maximum absolute atomic E-state index is 11.6. The molecule has 0 spiro atoms. The van der Waals surface area contributed by atoms with Crippen molar-refractivity contribution in [2.24, 2.45) is 0 Å². The first kappa shape index (κ1) is 14.0. The molecule has 0 unspecified atom stereocenters. The van der Waals surface area contributed by atoms with Crippen LogP contribution in [0.1, 0.15) is 13.3 Å². The van der Waals surface area contributed by atoms with Gasteiger partial charge in [0.2, 0.25) is 0 Å². The molecule has 23 heavy (non-hydrogen) atoms. The SMILES string of the molecule is C/C=C/[C@@H]1C[C@@H](O)[C@H](N2Nc3ccc(=O)nc4ncnc2c34)O1. The van der Waals surface area contributed by atoms with Gasteiger partial charge >= 0.3 is 0 Å². The van der Waals surface area contributed by atoms with E-state index in [0.29, 0.717) is 29.0 Å². The predicted octanol–water partition coefficient (Wildman–Crippen LogP) is 0.584. The van der Waals surface area contributed by atoms with Gasteiger partial charge in [0.1, 0.15) is 12.4 Å². The van der Waals surface area contributed by atoms with Gasteiger partial charge in [-0.2, -0.15) is 4.98 Å². The zero-order chi connectivity index (χ0) is 16.0. The number of aromatic nitrogens is 3. The molecule has 2 aliphatic rings. The predicted molar refractivity (Wildman–Crippen MR) is 83.8 cm³/mol. The van der Waals surface area contributed by atoms with Gasteiger partial charge in [0.05, 0.1) is 17.2 Å². The molecule has 8 heteroatoms. The Kier molecular flexibility index (Phi) is 3.21. The Hall–Kier alpha value is -2.58. The van der Waals surface area contributed by atoms with E-state index in [1.54, 1.807) is 11.1 Å². The van der Waals surface area contributed by atoms with Crippen LogP contribution in [-0.4, -0.2) is 38.5 Å². The van der Waals surface area contributed by atoms with Crippen molar-refractivity contribution < 1.29 is 9.84 Å². The third-order valence-electron chi connectivity index (χ3n) is 3.93. The highest BCUT2D eigenvalue weighted by Gasteiger charge is 2.40. The first-order chi connectivity index (χ1) is 11.2. The van der Waals surface area contributed by atoms with Gasteiger partial charge in [-0.1, -0.05) is 12.2 Å². The number of ether oxygens (including phenoxy) is 1. The van der Waals surface area contributed by atoms with Crippen LogP contribution in [0.3, 0.4) is 0 Å². The standard InChI is InChI=1S/C15H15N5O3/c1-2-3-8-6-10(21)15(23-8)20-14-12-9(19-20)4-5-11(22)18-13(12)16-7-17-14/h2-5,7-8,10,15,19,21H,6H2,1H3/b3-2+/t8-,10-,15-/m1/s1. The molecule has 0 radical (unpaired) electrons. The fourth-order valence-electron chi connectivity index (χ4n) is 2.97. The van der Waals surface area contributed by atoms with Crippen molar-refractivity contribution >= 4 is 22.5 Å². The molecular formula is C15H15N5O3. The van der Waals surface area contributed by atoms with Crippen LogP contribution in [0.2, 0.25) is 0 Å². The molecule has 2 aromatic rings. The van der Waals surface area contributed by atoms with Crippen LogP contribution in [0.25, 0.3) is 11.0 Å². The molecule has 0 amide bonds. The van der Waals surface area contributed by atoms with Crippen molar-refractivity contribution in [3.63, 3.8) is 0 Å². The van der Waals surface area contributed by atoms with Gasteiger partial charge in [0.25, 0.3) is 5.56 Å². The number of aliphatic hydroxyl groups excluding tert-OH is 1. The van der Waals surface area contributed by atoms with Gasteiger partial charge in [-0.25, -0.2) is 15.0 Å². The van der Waals surface area contributed by atoms with E-state index in [1.165, 1.54) is 12.4 Å². The number of nitrogens with one attached hydrogen (secondary N) is 1. The van der Waals surface area contributed by atoms with E-state index in [4.69, 9.17) is 4.74 Å². The molecular weight excluding hydrogens is 298 g/mol. The lowest BCUT2D eigenvalue weighted by molar-refractivity contribution is 0.0256. The second kappa shape index (κ2) is 5.25. The van der Waals surface area contributed by atoms with E-state index in [9.17, 15) is 9.90 Å². The Bertz CT molecular complexity index is 856. The molecule has 3 atom stereocenters. The number of hydrazine groups is 1. The summed E-state index contributed by atoms with van der Waals surface area (Å²) in [4.78, 5) is 23.9. The van der Waals surface area contributed by atoms with E-state index in [0.717, 1.165) is 0 Å². The summed E-state index contributed by atoms with van der Waals surface area (Å²) in [5.41, 5.74) is 3.74. The lowest BCUT2D eigenvalue weighted by Gasteiger charge is -2.27. The van der Waals surface area contributed by atoms with Gasteiger partial charge in [-0.05, 0) is 13.0 Å². The zero-order valence-electron chi connectivity index (χ0n) is 12.4. The highest BCUT2D eigenvalue weighted by molar-refractivity contribution is 6.01. The molecule has 2 aliphatic heterocycles. The van der Waals surface area contributed by atoms with Gasteiger partial charge in [0, 0.05) is 12.5 Å². The number of anilines is 2. The molecule has 0 saturated carbocycles. The van der Waals surface area contributed by atoms with Gasteiger partial charge in [-0.15, -0.1) is 0 Å². The Morgan fingerprint density at radius 1 is 1.43 bits per heavy atom. The average molecular weight is 313 g/mol. The largest absolute Gasteiger partial charge is 0.388 e. The molecule has 118 valence electrons. The number of rotatable bonds is 2. The number of aliphatic hydroxyl groups is 1. The molecule has 0 aromatic carbocycles. The van der Waals surface area contributed by atoms with Crippen molar-refractivity contribution in [2.45, 2.75) is 31.8 Å². The summed E-state index contributed by atoms with van der Waals surface area (Å²) in [5.74, 6) is 0.540. The summed E-state index contributed by atoms with van der Waals surface area (Å²) < 4.78 is 5.89. The lowest BCUT2D eigenvalue weighted by atomic mass is 10.2. The molecule has 2 aromatic heterocycles. The van der Waals surface area contributed by atoms with E-state index in [-0.39, 0.29) is 11.7 Å². The second-order valence-corrected chi connectivity index (χ2v) is 5.47. The molecule has 1 saturated heterocycles. The molecule has 4 heterocycles. The third-order valence-corrected chi connectivity index (χ3v) is 3.93. The second-order valence-electron chi connectivity index (χ2n) is 5.47. The smallest absolute Gasteiger partial charge is 0.271 e. The van der Waals surface area contributed by atoms with Crippen LogP contribution in [0, 0.1) is 0 Å². The molecule has 2 N–H and O–H groups in total. The highest BCUT2D eigenvalue weighted by atomic mass is 16.5. The summed E-state index contributed by atoms with van der Waals surface area (Å²) >= 11 is 0. The molecule has 4 rings (SSSR count). The van der Waals surface area contributed by atoms with Crippen molar-refractivity contribution in [1.29, 1.82) is 0 Å². The summed E-state index contributed by atoms with van der Waals surface area (Å²) in [6.45, 7) is 1.91. The quantitative estimate of drug-likeness (QED) is 0.777. The Balaban J connectivity index is 1.78. The Morgan fingerprint density at radius 2 is 2.30 bits per heavy atom. The minimum absolute atomic E-state index is 0.148. The summed E-state index contributed by atoms with van der Waals surface area (Å²) in [6, 6.07) is 3.00. The van der Waals surface area contributed by atoms with Crippen molar-refractivity contribution in [2.75, 3.05) is 10.4 Å². The first-order valence-corrected chi connectivity index (χ1v) is 7.35. The number of nitrogens with zero attached hydrogens (tertiary/aromatic N) is 4. The average Bonchev–Trinajstić information content (AvgIpc) is 3.01. The van der Waals surface area contributed by atoms with E-state index in [2.05, 4.69) is 20.4 Å². The van der Waals surface area contributed by atoms with E-state index >= 15 is 0 Å². The fraction of sp³-hybridized carbons (Fsp3) is 0.333. The summed E-state index contributed by atoms with van der Waals surface area (Å²) in [6.07, 6.45) is 4.26. The van der Waals surface area contributed by atoms with Crippen molar-refractivity contribution in [1.82, 2.24) is 15.0 Å². The fourth-order valence-corrected chi connectivity index (χ4v) is 2.97. The normalized spacial score (nSPS) is 26.2. The topological polar surface area (TPSA) is 100 Å². The van der Waals surface area contributed by atoms with Gasteiger partial charge in [-0.3, -0.25) is 10.2 Å². The van der Waals surface area contributed by atoms with Crippen LogP contribution in [0.4, 0.5) is 11.5 Å². The summed E-state index contributed by atoms with van der Waals surface area (Å²) in [5, 5.41) is 12.6. The van der Waals surface area contributed by atoms with Crippen LogP contribution >= 0.6 is 0 Å². The molecule has 8 nitrogen and oxygen atoms in total. The van der Waals surface area contributed by atoms with E-state index in [1.807, 2.05) is 19.1 Å². The Morgan fingerprint density at radius 3 is 3.13 bits per heavy atom. The number of hydrogen-bond acceptors (Lipinski definition) is 8. The van der Waals surface area contributed by atoms with Gasteiger partial charge in [0.15, 0.2) is 17.7 Å². The Labute approximate surface area is 131 Å². The molecule has 0 bridgehead atoms. The summed E-state index contributed by atoms with van der Waals surface area (Å²) in [7, 11) is 0. The van der Waals surface area contributed by atoms with Crippen molar-refractivity contribution in [3.8, 4) is 0 Å². The highest BCUT2D eigenvalue weighted by Crippen LogP contribution is 2.38. The maximum atomic E-state index is 11.6. The number of allylic oxidation sites excluding steroid dienone is 1. The van der Waals surface area contributed by atoms with Crippen LogP contribution in [0.15, 0.2) is 35.4 Å². The third kappa shape index (κ3) is 2.23. The van der Waals surface area contributed by atoms with Crippen LogP contribution in [0.5, 0.6) is 0 Å². The van der Waals surface area contributed by atoms with E-state index < -0.39 is 12.3 Å². The van der Waals surface area contributed by atoms with Crippen molar-refractivity contribution in [3.05, 3.63) is 41.0 Å². The number of hydrogen-bond donors (Lipinski definition) is 2. The van der Waals surface area contributed by atoms with Crippen LogP contribution in [-0.2, 0) is 4.74 Å². The van der Waals surface area contributed by atoms with Crippen LogP contribution < -0.4 is 16.0 Å². The maximum Gasteiger partial charge on any atom is 0.271 e. The minimum Gasteiger partial charge on any atom is -0.388 e. The molecule has 1 fully saturated rings. The zero-order valence-corrected chi connectivity index (χ0v) is 12.4. The van der Waals surface area contributed by atoms with Gasteiger partial charge < -0.3 is 9.84 Å².